The van der Waals surface area contributed by atoms with Crippen molar-refractivity contribution in [2.24, 2.45) is 0 Å². The third-order valence-electron chi connectivity index (χ3n) is 2.55. The summed E-state index contributed by atoms with van der Waals surface area (Å²) in [6.07, 6.45) is 0.284. The molecular weight excluding hydrogens is 232 g/mol. The van der Waals surface area contributed by atoms with E-state index in [1.54, 1.807) is 19.1 Å². The van der Waals surface area contributed by atoms with Crippen molar-refractivity contribution >= 4 is 11.8 Å². The van der Waals surface area contributed by atoms with Crippen molar-refractivity contribution in [1.82, 2.24) is 10.2 Å². The molecule has 1 aromatic rings. The summed E-state index contributed by atoms with van der Waals surface area (Å²) < 4.78 is 4.89. The first-order chi connectivity index (χ1) is 8.58. The predicted octanol–water partition coefficient (Wildman–Crippen LogP) is 1.13. The fourth-order valence-electron chi connectivity index (χ4n) is 1.40. The molecule has 6 heteroatoms. The van der Waals surface area contributed by atoms with Gasteiger partial charge in [-0.2, -0.15) is 5.26 Å². The van der Waals surface area contributed by atoms with Crippen LogP contribution >= 0.6 is 0 Å². The number of nitriles is 1. The average Bonchev–Trinajstić information content (AvgIpc) is 2.38. The lowest BCUT2D eigenvalue weighted by Gasteiger charge is -2.24. The normalized spacial score (nSPS) is 11.4. The van der Waals surface area contributed by atoms with E-state index in [0.717, 1.165) is 0 Å². The van der Waals surface area contributed by atoms with Crippen LogP contribution in [0.5, 0.6) is 0 Å². The zero-order valence-electron chi connectivity index (χ0n) is 10.8. The highest BCUT2D eigenvalue weighted by atomic mass is 16.5. The van der Waals surface area contributed by atoms with Gasteiger partial charge in [0.05, 0.1) is 13.0 Å². The molecule has 6 nitrogen and oxygen atoms in total. The van der Waals surface area contributed by atoms with E-state index in [4.69, 9.17) is 10.00 Å². The van der Waals surface area contributed by atoms with Crippen LogP contribution in [0.2, 0.25) is 0 Å². The van der Waals surface area contributed by atoms with Gasteiger partial charge in [0.2, 0.25) is 0 Å². The summed E-state index contributed by atoms with van der Waals surface area (Å²) in [7, 11) is 1.82. The fraction of sp³-hybridized carbons (Fsp3) is 0.500. The molecule has 0 aromatic carbocycles. The number of anilines is 1. The second-order valence-corrected chi connectivity index (χ2v) is 3.86. The van der Waals surface area contributed by atoms with Gasteiger partial charge in [-0.15, -0.1) is 10.2 Å². The van der Waals surface area contributed by atoms with Crippen molar-refractivity contribution in [2.45, 2.75) is 26.3 Å². The van der Waals surface area contributed by atoms with E-state index < -0.39 is 0 Å². The van der Waals surface area contributed by atoms with E-state index in [0.29, 0.717) is 12.4 Å². The van der Waals surface area contributed by atoms with Crippen LogP contribution in [0.4, 0.5) is 5.82 Å². The summed E-state index contributed by atoms with van der Waals surface area (Å²) in [6.45, 7) is 4.06. The van der Waals surface area contributed by atoms with Crippen molar-refractivity contribution in [3.05, 3.63) is 17.8 Å². The molecule has 0 fully saturated rings. The third kappa shape index (κ3) is 3.70. The summed E-state index contributed by atoms with van der Waals surface area (Å²) in [5.41, 5.74) is 0.269. The molecule has 0 aliphatic heterocycles. The van der Waals surface area contributed by atoms with E-state index in [1.165, 1.54) is 0 Å². The van der Waals surface area contributed by atoms with Crippen LogP contribution < -0.4 is 4.90 Å². The van der Waals surface area contributed by atoms with Crippen molar-refractivity contribution in [1.29, 1.82) is 5.26 Å². The number of esters is 1. The number of carbonyl (C=O) groups excluding carboxylic acids is 1. The van der Waals surface area contributed by atoms with Crippen LogP contribution in [0.15, 0.2) is 12.1 Å². The Kier molecular flexibility index (Phi) is 5.06. The highest BCUT2D eigenvalue weighted by Crippen LogP contribution is 2.13. The number of aromatic nitrogens is 2. The summed E-state index contributed by atoms with van der Waals surface area (Å²) in [5.74, 6) is 0.379. The Hall–Kier alpha value is -2.16. The Morgan fingerprint density at radius 3 is 2.78 bits per heavy atom. The Morgan fingerprint density at radius 1 is 1.56 bits per heavy atom. The first-order valence-corrected chi connectivity index (χ1v) is 5.70. The Balaban J connectivity index is 2.65. The molecule has 1 atom stereocenters. The second-order valence-electron chi connectivity index (χ2n) is 3.86. The predicted molar refractivity (Wildman–Crippen MR) is 65.9 cm³/mol. The molecule has 0 radical (unpaired) electrons. The van der Waals surface area contributed by atoms with Crippen molar-refractivity contribution in [3.63, 3.8) is 0 Å². The van der Waals surface area contributed by atoms with Gasteiger partial charge in [-0.3, -0.25) is 4.79 Å². The van der Waals surface area contributed by atoms with Crippen LogP contribution in [0.25, 0.3) is 0 Å². The first kappa shape index (κ1) is 13.9. The van der Waals surface area contributed by atoms with E-state index in [9.17, 15) is 4.79 Å². The van der Waals surface area contributed by atoms with Gasteiger partial charge >= 0.3 is 5.97 Å². The maximum atomic E-state index is 11.4. The molecule has 96 valence electrons. The molecule has 1 unspecified atom stereocenters. The van der Waals surface area contributed by atoms with Gasteiger partial charge in [-0.05, 0) is 26.0 Å². The van der Waals surface area contributed by atoms with Crippen molar-refractivity contribution in [3.8, 4) is 6.07 Å². The van der Waals surface area contributed by atoms with Gasteiger partial charge in [0, 0.05) is 13.1 Å². The molecule has 0 saturated heterocycles. The Labute approximate surface area is 106 Å². The molecule has 18 heavy (non-hydrogen) atoms. The zero-order chi connectivity index (χ0) is 13.5. The lowest BCUT2D eigenvalue weighted by molar-refractivity contribution is -0.143. The number of hydrogen-bond acceptors (Lipinski definition) is 6. The molecule has 0 spiro atoms. The number of rotatable bonds is 5. The van der Waals surface area contributed by atoms with Gasteiger partial charge in [0.1, 0.15) is 6.07 Å². The SMILES string of the molecule is CCOC(=O)CC(C)N(C)c1ccc(C#N)nn1. The van der Waals surface area contributed by atoms with Gasteiger partial charge in [0.15, 0.2) is 11.5 Å². The molecular formula is C12H16N4O2. The molecule has 0 bridgehead atoms. The highest BCUT2D eigenvalue weighted by Gasteiger charge is 2.16. The minimum absolute atomic E-state index is 0.0497. The Bertz CT molecular complexity index is 438. The van der Waals surface area contributed by atoms with Crippen LogP contribution in [-0.4, -0.2) is 35.9 Å². The number of carbonyl (C=O) groups is 1. The lowest BCUT2D eigenvalue weighted by atomic mass is 10.2. The van der Waals surface area contributed by atoms with E-state index in [-0.39, 0.29) is 24.1 Å². The van der Waals surface area contributed by atoms with Crippen LogP contribution in [-0.2, 0) is 9.53 Å². The monoisotopic (exact) mass is 248 g/mol. The quantitative estimate of drug-likeness (QED) is 0.727. The standard InChI is InChI=1S/C12H16N4O2/c1-4-18-12(17)7-9(2)16(3)11-6-5-10(8-13)14-15-11/h5-6,9H,4,7H2,1-3H3. The molecule has 0 saturated carbocycles. The summed E-state index contributed by atoms with van der Waals surface area (Å²) in [5, 5.41) is 16.3. The van der Waals surface area contributed by atoms with Crippen LogP contribution in [0.3, 0.4) is 0 Å². The fourth-order valence-corrected chi connectivity index (χ4v) is 1.40. The largest absolute Gasteiger partial charge is 0.466 e. The minimum atomic E-state index is -0.238. The maximum Gasteiger partial charge on any atom is 0.307 e. The number of ether oxygens (including phenoxy) is 1. The van der Waals surface area contributed by atoms with Gasteiger partial charge in [-0.25, -0.2) is 0 Å². The minimum Gasteiger partial charge on any atom is -0.466 e. The van der Waals surface area contributed by atoms with Gasteiger partial charge < -0.3 is 9.64 Å². The lowest BCUT2D eigenvalue weighted by Crippen LogP contribution is -2.32. The number of nitrogens with zero attached hydrogens (tertiary/aromatic N) is 4. The third-order valence-corrected chi connectivity index (χ3v) is 2.55. The maximum absolute atomic E-state index is 11.4. The van der Waals surface area contributed by atoms with Crippen LogP contribution in [0, 0.1) is 11.3 Å². The van der Waals surface area contributed by atoms with Crippen molar-refractivity contribution < 1.29 is 9.53 Å². The average molecular weight is 248 g/mol. The molecule has 0 aliphatic rings. The van der Waals surface area contributed by atoms with E-state index in [2.05, 4.69) is 10.2 Å². The van der Waals surface area contributed by atoms with Crippen molar-refractivity contribution in [2.75, 3.05) is 18.6 Å². The number of hydrogen-bond donors (Lipinski definition) is 0. The summed E-state index contributed by atoms with van der Waals surface area (Å²) in [4.78, 5) is 13.2. The molecule has 1 heterocycles. The molecule has 1 aromatic heterocycles. The van der Waals surface area contributed by atoms with E-state index >= 15 is 0 Å². The van der Waals surface area contributed by atoms with Gasteiger partial charge in [-0.1, -0.05) is 0 Å². The summed E-state index contributed by atoms with van der Waals surface area (Å²) >= 11 is 0. The highest BCUT2D eigenvalue weighted by molar-refractivity contribution is 5.70. The molecule has 0 amide bonds. The molecule has 0 N–H and O–H groups in total. The summed E-state index contributed by atoms with van der Waals surface area (Å²) in [6, 6.07) is 5.15. The smallest absolute Gasteiger partial charge is 0.307 e. The van der Waals surface area contributed by atoms with Gasteiger partial charge in [0.25, 0.3) is 0 Å². The molecule has 0 aliphatic carbocycles. The van der Waals surface area contributed by atoms with E-state index in [1.807, 2.05) is 24.9 Å². The zero-order valence-corrected chi connectivity index (χ0v) is 10.8. The second kappa shape index (κ2) is 6.55. The topological polar surface area (TPSA) is 79.1 Å². The first-order valence-electron chi connectivity index (χ1n) is 5.70. The molecule has 1 rings (SSSR count). The van der Waals surface area contributed by atoms with Crippen LogP contribution in [0.1, 0.15) is 26.0 Å². The Morgan fingerprint density at radius 2 is 2.28 bits per heavy atom.